The first-order valence-corrected chi connectivity index (χ1v) is 20.0. The quantitative estimate of drug-likeness (QED) is 0.0237. The molecule has 0 aliphatic heterocycles. The summed E-state index contributed by atoms with van der Waals surface area (Å²) in [7, 11) is -13.8. The van der Waals surface area contributed by atoms with Crippen LogP contribution in [0.15, 0.2) is 107 Å². The van der Waals surface area contributed by atoms with E-state index in [1.807, 2.05) is 0 Å². The number of hydrogen-bond acceptors (Lipinski definition) is 18. The van der Waals surface area contributed by atoms with Crippen LogP contribution in [0.5, 0.6) is 5.75 Å². The highest BCUT2D eigenvalue weighted by Crippen LogP contribution is 2.49. The highest BCUT2D eigenvalue weighted by Gasteiger charge is 2.26. The number of aromatic nitrogens is 3. The third-order valence-corrected chi connectivity index (χ3v) is 11.1. The number of aromatic hydroxyl groups is 1. The van der Waals surface area contributed by atoms with Crippen LogP contribution in [0.3, 0.4) is 0 Å². The topological polar surface area (TPSA) is 310 Å². The second kappa shape index (κ2) is 15.2. The molecule has 0 spiro atoms. The molecule has 0 aliphatic carbocycles. The number of sulfone groups is 1. The van der Waals surface area contributed by atoms with Gasteiger partial charge >= 0.3 is 0 Å². The molecule has 7 N–H and O–H groups in total. The number of nitrogens with one attached hydrogen (secondary N) is 1. The van der Waals surface area contributed by atoms with Crippen molar-refractivity contribution in [2.75, 3.05) is 16.8 Å². The highest BCUT2D eigenvalue weighted by molar-refractivity contribution is 7.94. The Hall–Kier alpha value is -4.85. The molecule has 1 heterocycles. The summed E-state index contributed by atoms with van der Waals surface area (Å²) < 4.78 is 104. The van der Waals surface area contributed by atoms with E-state index in [0.29, 0.717) is 0 Å². The maximum Gasteiger partial charge on any atom is 0.296 e. The molecule has 5 aromatic rings. The van der Waals surface area contributed by atoms with Crippen molar-refractivity contribution in [3.05, 3.63) is 77.8 Å². The SMILES string of the molecule is C=CCS(=O)(=O)c1ccc(/N=N/c2c(SO)cc3cc(S(=O)(=O)O)c(/N=N/c4cc(Nc5nc(Cl)nc(Cl)n5)ccc4S(=O)(=O)O)c(O)c3c2N)cc1. The maximum atomic E-state index is 12.5. The average Bonchev–Trinajstić information content (AvgIpc) is 3.05. The van der Waals surface area contributed by atoms with Crippen molar-refractivity contribution in [2.24, 2.45) is 20.5 Å². The van der Waals surface area contributed by atoms with E-state index in [-0.39, 0.29) is 77.6 Å². The molecule has 1 aromatic heterocycles. The molecule has 0 amide bonds. The van der Waals surface area contributed by atoms with Gasteiger partial charge in [-0.1, -0.05) is 6.08 Å². The van der Waals surface area contributed by atoms with Gasteiger partial charge in [0.15, 0.2) is 15.6 Å². The molecule has 0 fully saturated rings. The Labute approximate surface area is 314 Å². The van der Waals surface area contributed by atoms with E-state index in [4.69, 9.17) is 28.9 Å². The van der Waals surface area contributed by atoms with Crippen molar-refractivity contribution in [1.82, 2.24) is 15.0 Å². The van der Waals surface area contributed by atoms with Gasteiger partial charge in [0.1, 0.15) is 26.9 Å². The molecule has 0 saturated heterocycles. The van der Waals surface area contributed by atoms with Gasteiger partial charge in [-0.2, -0.15) is 36.9 Å². The minimum atomic E-state index is -5.20. The number of fused-ring (bicyclic) bond motifs is 1. The summed E-state index contributed by atoms with van der Waals surface area (Å²) in [5.41, 5.74) is 4.40. The summed E-state index contributed by atoms with van der Waals surface area (Å²) in [5.74, 6) is -1.46. The minimum absolute atomic E-state index is 0.00119. The zero-order valence-corrected chi connectivity index (χ0v) is 30.8. The van der Waals surface area contributed by atoms with Gasteiger partial charge in [0.2, 0.25) is 16.5 Å². The molecule has 53 heavy (non-hydrogen) atoms. The number of nitrogens with zero attached hydrogens (tertiary/aromatic N) is 7. The van der Waals surface area contributed by atoms with E-state index in [1.54, 1.807) is 0 Å². The van der Waals surface area contributed by atoms with Crippen molar-refractivity contribution < 1.29 is 44.0 Å². The number of phenolic OH excluding ortho intramolecular Hbond substituents is 1. The molecule has 0 bridgehead atoms. The van der Waals surface area contributed by atoms with E-state index in [9.17, 15) is 44.0 Å². The van der Waals surface area contributed by atoms with Crippen molar-refractivity contribution in [2.45, 2.75) is 19.6 Å². The predicted molar refractivity (Wildman–Crippen MR) is 195 cm³/mol. The Morgan fingerprint density at radius 3 is 2.04 bits per heavy atom. The van der Waals surface area contributed by atoms with Crippen LogP contribution in [0.2, 0.25) is 10.6 Å². The summed E-state index contributed by atoms with van der Waals surface area (Å²) in [6.07, 6.45) is 1.24. The monoisotopic (exact) mass is 841 g/mol. The van der Waals surface area contributed by atoms with Crippen molar-refractivity contribution >= 4 is 116 Å². The molecule has 276 valence electrons. The maximum absolute atomic E-state index is 12.5. The summed E-state index contributed by atoms with van der Waals surface area (Å²) in [4.78, 5) is 9.30. The smallest absolute Gasteiger partial charge is 0.296 e. The van der Waals surface area contributed by atoms with Crippen molar-refractivity contribution in [3.8, 4) is 5.75 Å². The van der Waals surface area contributed by atoms with Crippen LogP contribution >= 0.6 is 35.2 Å². The van der Waals surface area contributed by atoms with Crippen molar-refractivity contribution in [3.63, 3.8) is 0 Å². The number of hydrogen-bond donors (Lipinski definition) is 6. The number of nitrogen functional groups attached to an aromatic ring is 1. The first-order valence-electron chi connectivity index (χ1n) is 14.0. The van der Waals surface area contributed by atoms with Crippen LogP contribution < -0.4 is 11.1 Å². The number of rotatable bonds is 12. The number of anilines is 3. The van der Waals surface area contributed by atoms with Crippen LogP contribution in [0.25, 0.3) is 10.8 Å². The lowest BCUT2D eigenvalue weighted by Crippen LogP contribution is -2.03. The molecular formula is C28H21Cl2N9O10S4. The number of azo groups is 2. The average molecular weight is 843 g/mol. The van der Waals surface area contributed by atoms with Gasteiger partial charge in [0, 0.05) is 17.7 Å². The summed E-state index contributed by atoms with van der Waals surface area (Å²) >= 11 is 11.7. The molecule has 0 saturated carbocycles. The normalized spacial score (nSPS) is 12.5. The largest absolute Gasteiger partial charge is 0.505 e. The first-order chi connectivity index (χ1) is 24.8. The molecule has 0 unspecified atom stereocenters. The summed E-state index contributed by atoms with van der Waals surface area (Å²) in [6, 6.07) is 10.3. The van der Waals surface area contributed by atoms with Gasteiger partial charge < -0.3 is 20.7 Å². The van der Waals surface area contributed by atoms with Gasteiger partial charge in [-0.15, -0.1) is 21.9 Å². The lowest BCUT2D eigenvalue weighted by molar-refractivity contribution is 0.472. The second-order valence-corrected chi connectivity index (χ2v) is 16.4. The third kappa shape index (κ3) is 8.86. The molecule has 0 radical (unpaired) electrons. The number of benzene rings is 4. The molecule has 5 rings (SSSR count). The Bertz CT molecular complexity index is 2680. The molecule has 0 atom stereocenters. The highest BCUT2D eigenvalue weighted by atomic mass is 35.5. The van der Waals surface area contributed by atoms with Crippen LogP contribution in [-0.4, -0.2) is 64.7 Å². The fourth-order valence-electron chi connectivity index (χ4n) is 4.56. The van der Waals surface area contributed by atoms with Gasteiger partial charge in [0.25, 0.3) is 20.2 Å². The van der Waals surface area contributed by atoms with Crippen LogP contribution in [-0.2, 0) is 30.1 Å². The van der Waals surface area contributed by atoms with E-state index in [1.165, 1.54) is 30.3 Å². The Morgan fingerprint density at radius 1 is 0.830 bits per heavy atom. The molecule has 4 aromatic carbocycles. The van der Waals surface area contributed by atoms with Crippen LogP contribution in [0.4, 0.5) is 40.1 Å². The fraction of sp³-hybridized carbons (Fsp3) is 0.0357. The zero-order chi connectivity index (χ0) is 38.9. The Kier molecular flexibility index (Phi) is 11.3. The van der Waals surface area contributed by atoms with E-state index < -0.39 is 57.0 Å². The molecule has 25 heteroatoms. The third-order valence-electron chi connectivity index (χ3n) is 6.82. The number of halogens is 2. The Morgan fingerprint density at radius 2 is 1.45 bits per heavy atom. The standard InChI is InChI=1S/C28H21Cl2N9O10S4/c1-2-9-51(42,43)16-6-3-14(4-7-16)36-38-23-18(50-41)10-13-11-20(53(47,48)49)24(25(40)21(13)22(23)31)39-37-17-12-15(5-8-19(17)52(44,45)46)32-28-34-26(29)33-27(30)35-28/h2-8,10-12,40-41H,1,9,31H2,(H,44,45,46)(H,47,48,49)(H,32,33,34,35)/b38-36+,39-37+. The predicted octanol–water partition coefficient (Wildman–Crippen LogP) is 7.21. The lowest BCUT2D eigenvalue weighted by Gasteiger charge is -2.14. The molecule has 19 nitrogen and oxygen atoms in total. The second-order valence-electron chi connectivity index (χ2n) is 10.3. The Balaban J connectivity index is 1.64. The number of phenols is 1. The first kappa shape index (κ1) is 39.4. The van der Waals surface area contributed by atoms with Crippen LogP contribution in [0.1, 0.15) is 0 Å². The molecular weight excluding hydrogens is 822 g/mol. The van der Waals surface area contributed by atoms with Gasteiger partial charge in [-0.3, -0.25) is 9.11 Å². The van der Waals surface area contributed by atoms with Gasteiger partial charge in [-0.25, -0.2) is 8.42 Å². The summed E-state index contributed by atoms with van der Waals surface area (Å²) in [6.45, 7) is 3.42. The van der Waals surface area contributed by atoms with Gasteiger partial charge in [-0.05, 0) is 83.2 Å². The van der Waals surface area contributed by atoms with E-state index >= 15 is 0 Å². The zero-order valence-electron chi connectivity index (χ0n) is 26.0. The minimum Gasteiger partial charge on any atom is -0.505 e. The van der Waals surface area contributed by atoms with Crippen molar-refractivity contribution in [1.29, 1.82) is 0 Å². The van der Waals surface area contributed by atoms with E-state index in [0.717, 1.165) is 30.3 Å². The lowest BCUT2D eigenvalue weighted by atomic mass is 10.1. The fourth-order valence-corrected chi connectivity index (χ4v) is 7.66. The van der Waals surface area contributed by atoms with E-state index in [2.05, 4.69) is 47.3 Å². The van der Waals surface area contributed by atoms with Crippen LogP contribution in [0, 0.1) is 0 Å². The van der Waals surface area contributed by atoms with Gasteiger partial charge in [0.05, 0.1) is 32.3 Å². The summed E-state index contributed by atoms with van der Waals surface area (Å²) in [5, 5.41) is 28.5. The molecule has 0 aliphatic rings. The number of nitrogens with two attached hydrogens (primary N) is 1.